The molecular formula is C23H23NO4. The Morgan fingerprint density at radius 3 is 2.50 bits per heavy atom. The summed E-state index contributed by atoms with van der Waals surface area (Å²) in [5.41, 5.74) is 3.99. The molecular weight excluding hydrogens is 354 g/mol. The summed E-state index contributed by atoms with van der Waals surface area (Å²) < 4.78 is 22.2. The fourth-order valence-corrected chi connectivity index (χ4v) is 3.81. The zero-order valence-corrected chi connectivity index (χ0v) is 16.5. The lowest BCUT2D eigenvalue weighted by Crippen LogP contribution is -2.05. The van der Waals surface area contributed by atoms with Gasteiger partial charge in [-0.05, 0) is 48.4 Å². The van der Waals surface area contributed by atoms with Gasteiger partial charge in [0.25, 0.3) is 0 Å². The summed E-state index contributed by atoms with van der Waals surface area (Å²) in [7, 11) is 3.30. The third-order valence-corrected chi connectivity index (χ3v) is 5.18. The monoisotopic (exact) mass is 377 g/mol. The molecule has 0 saturated heterocycles. The number of hydrogen-bond acceptors (Lipinski definition) is 5. The lowest BCUT2D eigenvalue weighted by Gasteiger charge is -2.19. The molecule has 0 unspecified atom stereocenters. The van der Waals surface area contributed by atoms with Crippen LogP contribution in [-0.4, -0.2) is 26.0 Å². The van der Waals surface area contributed by atoms with Gasteiger partial charge in [0.2, 0.25) is 6.79 Å². The van der Waals surface area contributed by atoms with Crippen molar-refractivity contribution in [3.8, 4) is 23.0 Å². The van der Waals surface area contributed by atoms with Crippen LogP contribution in [0, 0.1) is 6.92 Å². The van der Waals surface area contributed by atoms with Gasteiger partial charge in [0.05, 0.1) is 19.9 Å². The molecule has 1 atom stereocenters. The van der Waals surface area contributed by atoms with Crippen LogP contribution in [0.4, 0.5) is 0 Å². The van der Waals surface area contributed by atoms with Crippen molar-refractivity contribution in [2.24, 2.45) is 0 Å². The first-order chi connectivity index (χ1) is 13.6. The van der Waals surface area contributed by atoms with E-state index in [4.69, 9.17) is 23.9 Å². The van der Waals surface area contributed by atoms with Gasteiger partial charge in [0.15, 0.2) is 23.0 Å². The summed E-state index contributed by atoms with van der Waals surface area (Å²) in [6.07, 6.45) is 1.84. The van der Waals surface area contributed by atoms with E-state index in [0.29, 0.717) is 11.5 Å². The number of benzene rings is 2. The molecule has 1 aliphatic heterocycles. The Labute approximate surface area is 164 Å². The highest BCUT2D eigenvalue weighted by atomic mass is 16.7. The normalized spacial score (nSPS) is 13.4. The first-order valence-corrected chi connectivity index (χ1v) is 9.15. The molecule has 0 fully saturated rings. The molecule has 0 amide bonds. The van der Waals surface area contributed by atoms with Crippen molar-refractivity contribution in [3.05, 3.63) is 59.4 Å². The lowest BCUT2D eigenvalue weighted by atomic mass is 9.89. The SMILES string of the molecule is C=Cc1cc2c(cc1[C@@H](C)c1nc(C)cc3c(OC)c(OC)ccc13)OCO2. The molecule has 5 heteroatoms. The predicted molar refractivity (Wildman–Crippen MR) is 110 cm³/mol. The molecule has 4 rings (SSSR count). The number of hydrogen-bond donors (Lipinski definition) is 0. The van der Waals surface area contributed by atoms with Crippen LogP contribution in [0.1, 0.15) is 35.4 Å². The van der Waals surface area contributed by atoms with Crippen molar-refractivity contribution in [2.75, 3.05) is 21.0 Å². The number of aromatic nitrogens is 1. The number of aryl methyl sites for hydroxylation is 1. The Morgan fingerprint density at radius 1 is 1.07 bits per heavy atom. The van der Waals surface area contributed by atoms with Crippen molar-refractivity contribution in [2.45, 2.75) is 19.8 Å². The van der Waals surface area contributed by atoms with Gasteiger partial charge in [-0.25, -0.2) is 0 Å². The van der Waals surface area contributed by atoms with Crippen molar-refractivity contribution < 1.29 is 18.9 Å². The number of rotatable bonds is 5. The Morgan fingerprint density at radius 2 is 1.82 bits per heavy atom. The van der Waals surface area contributed by atoms with Gasteiger partial charge in [-0.1, -0.05) is 19.6 Å². The van der Waals surface area contributed by atoms with Crippen LogP contribution in [-0.2, 0) is 0 Å². The van der Waals surface area contributed by atoms with Crippen molar-refractivity contribution in [1.29, 1.82) is 0 Å². The van der Waals surface area contributed by atoms with Crippen LogP contribution in [0.25, 0.3) is 16.8 Å². The number of nitrogens with zero attached hydrogens (tertiary/aromatic N) is 1. The molecule has 0 aliphatic carbocycles. The van der Waals surface area contributed by atoms with Gasteiger partial charge in [-0.2, -0.15) is 0 Å². The van der Waals surface area contributed by atoms with Crippen LogP contribution >= 0.6 is 0 Å². The first kappa shape index (κ1) is 18.2. The molecule has 1 aliphatic rings. The minimum Gasteiger partial charge on any atom is -0.493 e. The van der Waals surface area contributed by atoms with Crippen molar-refractivity contribution >= 4 is 16.8 Å². The second-order valence-electron chi connectivity index (χ2n) is 6.81. The van der Waals surface area contributed by atoms with Gasteiger partial charge in [0.1, 0.15) is 0 Å². The molecule has 0 radical (unpaired) electrons. The van der Waals surface area contributed by atoms with Crippen LogP contribution in [0.5, 0.6) is 23.0 Å². The Hall–Kier alpha value is -3.21. The molecule has 0 spiro atoms. The van der Waals surface area contributed by atoms with Crippen LogP contribution in [0.15, 0.2) is 36.9 Å². The molecule has 3 aromatic rings. The van der Waals surface area contributed by atoms with Gasteiger partial charge < -0.3 is 18.9 Å². The summed E-state index contributed by atoms with van der Waals surface area (Å²) >= 11 is 0. The van der Waals surface area contributed by atoms with Crippen LogP contribution in [0.2, 0.25) is 0 Å². The van der Waals surface area contributed by atoms with Crippen molar-refractivity contribution in [1.82, 2.24) is 4.98 Å². The molecule has 0 saturated carbocycles. The molecule has 2 aromatic carbocycles. The summed E-state index contributed by atoms with van der Waals surface area (Å²) in [4.78, 5) is 4.87. The second-order valence-corrected chi connectivity index (χ2v) is 6.81. The average molecular weight is 377 g/mol. The fourth-order valence-electron chi connectivity index (χ4n) is 3.81. The Bertz CT molecular complexity index is 1070. The highest BCUT2D eigenvalue weighted by molar-refractivity contribution is 5.93. The smallest absolute Gasteiger partial charge is 0.231 e. The fraction of sp³-hybridized carbons (Fsp3) is 0.261. The van der Waals surface area contributed by atoms with E-state index in [1.54, 1.807) is 14.2 Å². The second kappa shape index (κ2) is 7.08. The lowest BCUT2D eigenvalue weighted by molar-refractivity contribution is 0.174. The molecule has 0 bridgehead atoms. The molecule has 0 N–H and O–H groups in total. The summed E-state index contributed by atoms with van der Waals surface area (Å²) in [5.74, 6) is 2.94. The molecule has 2 heterocycles. The maximum absolute atomic E-state index is 5.64. The zero-order valence-electron chi connectivity index (χ0n) is 16.5. The number of pyridine rings is 1. The molecule has 5 nitrogen and oxygen atoms in total. The maximum Gasteiger partial charge on any atom is 0.231 e. The molecule has 1 aromatic heterocycles. The summed E-state index contributed by atoms with van der Waals surface area (Å²) in [6, 6.07) is 9.99. The summed E-state index contributed by atoms with van der Waals surface area (Å²) in [5, 5.41) is 2.01. The molecule has 28 heavy (non-hydrogen) atoms. The van der Waals surface area contributed by atoms with E-state index in [1.165, 1.54) is 0 Å². The van der Waals surface area contributed by atoms with E-state index >= 15 is 0 Å². The number of fused-ring (bicyclic) bond motifs is 2. The standard InChI is InChI=1S/C23H23NO4/c1-6-15-10-20-21(28-12-27-20)11-17(15)14(3)22-16-7-8-19(25-4)23(26-5)18(16)9-13(2)24-22/h6-11,14H,1,12H2,2-5H3/t14-/m1/s1. The van der Waals surface area contributed by atoms with E-state index in [-0.39, 0.29) is 12.7 Å². The predicted octanol–water partition coefficient (Wildman–Crippen LogP) is 5.08. The first-order valence-electron chi connectivity index (χ1n) is 9.15. The minimum atomic E-state index is 0.0167. The van der Waals surface area contributed by atoms with Gasteiger partial charge in [0, 0.05) is 22.4 Å². The maximum atomic E-state index is 5.64. The van der Waals surface area contributed by atoms with Gasteiger partial charge >= 0.3 is 0 Å². The summed E-state index contributed by atoms with van der Waals surface area (Å²) in [6.45, 7) is 8.34. The largest absolute Gasteiger partial charge is 0.493 e. The van der Waals surface area contributed by atoms with Crippen molar-refractivity contribution in [3.63, 3.8) is 0 Å². The van der Waals surface area contributed by atoms with Crippen LogP contribution < -0.4 is 18.9 Å². The average Bonchev–Trinajstić information content (AvgIpc) is 3.18. The Balaban J connectivity index is 1.93. The third-order valence-electron chi connectivity index (χ3n) is 5.18. The van der Waals surface area contributed by atoms with E-state index in [1.807, 2.05) is 43.3 Å². The Kier molecular flexibility index (Phi) is 4.59. The third kappa shape index (κ3) is 2.83. The number of methoxy groups -OCH3 is 2. The topological polar surface area (TPSA) is 49.8 Å². The quantitative estimate of drug-likeness (QED) is 0.620. The zero-order chi connectivity index (χ0) is 19.8. The number of ether oxygens (including phenoxy) is 4. The highest BCUT2D eigenvalue weighted by Crippen LogP contribution is 2.42. The molecule has 144 valence electrons. The van der Waals surface area contributed by atoms with Crippen LogP contribution in [0.3, 0.4) is 0 Å². The van der Waals surface area contributed by atoms with E-state index in [0.717, 1.165) is 44.8 Å². The highest BCUT2D eigenvalue weighted by Gasteiger charge is 2.23. The van der Waals surface area contributed by atoms with Gasteiger partial charge in [-0.15, -0.1) is 0 Å². The van der Waals surface area contributed by atoms with E-state index in [9.17, 15) is 0 Å². The van der Waals surface area contributed by atoms with Gasteiger partial charge in [-0.3, -0.25) is 4.98 Å². The van der Waals surface area contributed by atoms with E-state index < -0.39 is 0 Å². The van der Waals surface area contributed by atoms with E-state index in [2.05, 4.69) is 13.5 Å². The minimum absolute atomic E-state index is 0.0167.